The molecule has 0 bridgehead atoms. The average molecular weight is 308 g/mol. The first-order valence-electron chi connectivity index (χ1n) is 6.16. The Kier molecular flexibility index (Phi) is 4.70. The number of halogens is 2. The molecule has 2 aromatic carbocycles. The van der Waals surface area contributed by atoms with Crippen LogP contribution in [-0.4, -0.2) is 12.2 Å². The van der Waals surface area contributed by atoms with Crippen LogP contribution in [0.3, 0.4) is 0 Å². The van der Waals surface area contributed by atoms with Gasteiger partial charge in [0.1, 0.15) is 17.4 Å². The van der Waals surface area contributed by atoms with Gasteiger partial charge in [-0.3, -0.25) is 0 Å². The summed E-state index contributed by atoms with van der Waals surface area (Å²) in [7, 11) is 1.55. The SMILES string of the molecule is COc1ccc(C)cc1NC(=S)Nc1cc(F)cc(F)c1. The third-order valence-corrected chi connectivity index (χ3v) is 2.93. The highest BCUT2D eigenvalue weighted by Gasteiger charge is 2.07. The molecule has 0 unspecified atom stereocenters. The first kappa shape index (κ1) is 15.2. The van der Waals surface area contributed by atoms with Crippen LogP contribution in [0.1, 0.15) is 5.56 Å². The summed E-state index contributed by atoms with van der Waals surface area (Å²) in [6, 6.07) is 8.68. The predicted octanol–water partition coefficient (Wildman–Crippen LogP) is 4.09. The highest BCUT2D eigenvalue weighted by Crippen LogP contribution is 2.25. The van der Waals surface area contributed by atoms with Crippen LogP contribution in [0.25, 0.3) is 0 Å². The lowest BCUT2D eigenvalue weighted by Gasteiger charge is -2.14. The molecule has 21 heavy (non-hydrogen) atoms. The molecule has 6 heteroatoms. The van der Waals surface area contributed by atoms with Gasteiger partial charge in [0.25, 0.3) is 0 Å². The van der Waals surface area contributed by atoms with E-state index in [0.717, 1.165) is 23.8 Å². The minimum atomic E-state index is -0.673. The normalized spacial score (nSPS) is 10.1. The Morgan fingerprint density at radius 3 is 2.33 bits per heavy atom. The highest BCUT2D eigenvalue weighted by atomic mass is 32.1. The van der Waals surface area contributed by atoms with Gasteiger partial charge in [0, 0.05) is 11.8 Å². The Hall–Kier alpha value is -2.21. The van der Waals surface area contributed by atoms with E-state index in [-0.39, 0.29) is 10.8 Å². The zero-order valence-electron chi connectivity index (χ0n) is 11.5. The maximum atomic E-state index is 13.1. The molecule has 0 spiro atoms. The summed E-state index contributed by atoms with van der Waals surface area (Å²) in [5, 5.41) is 5.88. The van der Waals surface area contributed by atoms with Crippen molar-refractivity contribution in [1.29, 1.82) is 0 Å². The van der Waals surface area contributed by atoms with E-state index >= 15 is 0 Å². The van der Waals surface area contributed by atoms with Gasteiger partial charge in [-0.1, -0.05) is 6.07 Å². The van der Waals surface area contributed by atoms with Crippen molar-refractivity contribution in [2.45, 2.75) is 6.92 Å². The summed E-state index contributed by atoms with van der Waals surface area (Å²) < 4.78 is 31.4. The Labute approximate surface area is 126 Å². The van der Waals surface area contributed by atoms with Crippen molar-refractivity contribution in [2.75, 3.05) is 17.7 Å². The number of thiocarbonyl (C=S) groups is 1. The Balaban J connectivity index is 2.13. The van der Waals surface area contributed by atoms with Crippen molar-refractivity contribution in [3.05, 3.63) is 53.6 Å². The van der Waals surface area contributed by atoms with E-state index in [0.29, 0.717) is 11.4 Å². The molecule has 2 rings (SSSR count). The van der Waals surface area contributed by atoms with Gasteiger partial charge in [0.15, 0.2) is 5.11 Å². The van der Waals surface area contributed by atoms with Gasteiger partial charge in [0.2, 0.25) is 0 Å². The molecule has 3 nitrogen and oxygen atoms in total. The van der Waals surface area contributed by atoms with Gasteiger partial charge in [0.05, 0.1) is 12.8 Å². The van der Waals surface area contributed by atoms with Crippen LogP contribution in [0, 0.1) is 18.6 Å². The highest BCUT2D eigenvalue weighted by molar-refractivity contribution is 7.80. The summed E-state index contributed by atoms with van der Waals surface area (Å²) >= 11 is 5.13. The Bertz CT molecular complexity index is 656. The van der Waals surface area contributed by atoms with Gasteiger partial charge < -0.3 is 15.4 Å². The third kappa shape index (κ3) is 4.13. The molecule has 0 aromatic heterocycles. The molecule has 0 aliphatic rings. The van der Waals surface area contributed by atoms with E-state index in [1.165, 1.54) is 0 Å². The lowest BCUT2D eigenvalue weighted by molar-refractivity contribution is 0.417. The largest absolute Gasteiger partial charge is 0.495 e. The first-order chi connectivity index (χ1) is 9.97. The van der Waals surface area contributed by atoms with Crippen molar-refractivity contribution < 1.29 is 13.5 Å². The van der Waals surface area contributed by atoms with E-state index in [4.69, 9.17) is 17.0 Å². The second-order valence-electron chi connectivity index (χ2n) is 4.44. The Morgan fingerprint density at radius 2 is 1.71 bits per heavy atom. The third-order valence-electron chi connectivity index (χ3n) is 2.72. The quantitative estimate of drug-likeness (QED) is 0.837. The number of methoxy groups -OCH3 is 1. The van der Waals surface area contributed by atoms with E-state index in [9.17, 15) is 8.78 Å². The van der Waals surface area contributed by atoms with Crippen LogP contribution in [0.15, 0.2) is 36.4 Å². The fourth-order valence-electron chi connectivity index (χ4n) is 1.83. The van der Waals surface area contributed by atoms with Gasteiger partial charge in [-0.15, -0.1) is 0 Å². The van der Waals surface area contributed by atoms with Crippen LogP contribution >= 0.6 is 12.2 Å². The lowest BCUT2D eigenvalue weighted by atomic mass is 10.2. The number of hydrogen-bond acceptors (Lipinski definition) is 2. The van der Waals surface area contributed by atoms with E-state index < -0.39 is 11.6 Å². The van der Waals surface area contributed by atoms with Crippen molar-refractivity contribution in [1.82, 2.24) is 0 Å². The number of ether oxygens (including phenoxy) is 1. The molecule has 0 saturated carbocycles. The zero-order chi connectivity index (χ0) is 15.4. The van der Waals surface area contributed by atoms with Crippen molar-refractivity contribution >= 4 is 28.7 Å². The number of hydrogen-bond donors (Lipinski definition) is 2. The monoisotopic (exact) mass is 308 g/mol. The summed E-state index contributed by atoms with van der Waals surface area (Å²) in [6.45, 7) is 1.93. The van der Waals surface area contributed by atoms with E-state index in [1.54, 1.807) is 7.11 Å². The maximum absolute atomic E-state index is 13.1. The summed E-state index contributed by atoms with van der Waals surface area (Å²) in [5.74, 6) is -0.725. The number of nitrogens with one attached hydrogen (secondary N) is 2. The van der Waals surface area contributed by atoms with E-state index in [2.05, 4.69) is 10.6 Å². The van der Waals surface area contributed by atoms with Crippen molar-refractivity contribution in [3.63, 3.8) is 0 Å². The van der Waals surface area contributed by atoms with Gasteiger partial charge in [-0.25, -0.2) is 8.78 Å². The minimum Gasteiger partial charge on any atom is -0.495 e. The number of anilines is 2. The maximum Gasteiger partial charge on any atom is 0.175 e. The molecule has 110 valence electrons. The smallest absolute Gasteiger partial charge is 0.175 e. The molecule has 0 fully saturated rings. The van der Waals surface area contributed by atoms with Gasteiger partial charge in [-0.2, -0.15) is 0 Å². The molecule has 0 saturated heterocycles. The van der Waals surface area contributed by atoms with Crippen LogP contribution < -0.4 is 15.4 Å². The standard InChI is InChI=1S/C15H14F2N2OS/c1-9-3-4-14(20-2)13(5-9)19-15(21)18-12-7-10(16)6-11(17)8-12/h3-8H,1-2H3,(H2,18,19,21). The first-order valence-corrected chi connectivity index (χ1v) is 6.57. The molecule has 0 atom stereocenters. The van der Waals surface area contributed by atoms with Crippen molar-refractivity contribution in [3.8, 4) is 5.75 Å². The second kappa shape index (κ2) is 6.49. The molecular weight excluding hydrogens is 294 g/mol. The zero-order valence-corrected chi connectivity index (χ0v) is 12.4. The Morgan fingerprint density at radius 1 is 1.05 bits per heavy atom. The molecule has 2 aromatic rings. The molecule has 2 N–H and O–H groups in total. The van der Waals surface area contributed by atoms with E-state index in [1.807, 2.05) is 25.1 Å². The number of rotatable bonds is 3. The summed E-state index contributed by atoms with van der Waals surface area (Å²) in [6.07, 6.45) is 0. The lowest BCUT2D eigenvalue weighted by Crippen LogP contribution is -2.19. The molecular formula is C15H14F2N2OS. The second-order valence-corrected chi connectivity index (χ2v) is 4.85. The summed E-state index contributed by atoms with van der Waals surface area (Å²) in [5.41, 5.74) is 1.93. The fourth-order valence-corrected chi connectivity index (χ4v) is 2.06. The average Bonchev–Trinajstić information content (AvgIpc) is 2.37. The molecule has 0 heterocycles. The number of aryl methyl sites for hydroxylation is 1. The van der Waals surface area contributed by atoms with Gasteiger partial charge in [-0.05, 0) is 49.0 Å². The van der Waals surface area contributed by atoms with Crippen molar-refractivity contribution in [2.24, 2.45) is 0 Å². The molecule has 0 aliphatic carbocycles. The van der Waals surface area contributed by atoms with Crippen LogP contribution in [0.5, 0.6) is 5.75 Å². The minimum absolute atomic E-state index is 0.212. The predicted molar refractivity (Wildman–Crippen MR) is 83.9 cm³/mol. The molecule has 0 amide bonds. The van der Waals surface area contributed by atoms with Crippen LogP contribution in [-0.2, 0) is 0 Å². The molecule has 0 aliphatic heterocycles. The molecule has 0 radical (unpaired) electrons. The summed E-state index contributed by atoms with van der Waals surface area (Å²) in [4.78, 5) is 0. The van der Waals surface area contributed by atoms with Crippen LogP contribution in [0.4, 0.5) is 20.2 Å². The fraction of sp³-hybridized carbons (Fsp3) is 0.133. The van der Waals surface area contributed by atoms with Crippen LogP contribution in [0.2, 0.25) is 0 Å². The topological polar surface area (TPSA) is 33.3 Å². The van der Waals surface area contributed by atoms with Gasteiger partial charge >= 0.3 is 0 Å². The number of benzene rings is 2.